The summed E-state index contributed by atoms with van der Waals surface area (Å²) in [5.74, 6) is 0. The highest BCUT2D eigenvalue weighted by atomic mass is 32.1. The van der Waals surface area contributed by atoms with Crippen LogP contribution in [0, 0.1) is 4.77 Å². The van der Waals surface area contributed by atoms with E-state index < -0.39 is 0 Å². The van der Waals surface area contributed by atoms with Gasteiger partial charge in [0.25, 0.3) is 0 Å². The zero-order valence-corrected chi connectivity index (χ0v) is 12.1. The normalized spacial score (nSPS) is 10.8. The van der Waals surface area contributed by atoms with Crippen LogP contribution in [0.25, 0.3) is 11.3 Å². The third-order valence-corrected chi connectivity index (χ3v) is 3.79. The molecular weight excluding hydrogens is 268 g/mol. The Morgan fingerprint density at radius 2 is 2.00 bits per heavy atom. The maximum absolute atomic E-state index is 5.39. The molecule has 0 saturated heterocycles. The fourth-order valence-corrected chi connectivity index (χ4v) is 2.59. The van der Waals surface area contributed by atoms with E-state index in [1.54, 1.807) is 0 Å². The second-order valence-electron chi connectivity index (χ2n) is 4.69. The molecule has 3 rings (SSSR count). The number of H-pyrrole nitrogens is 1. The summed E-state index contributed by atoms with van der Waals surface area (Å²) in [5, 5.41) is 4.19. The second kappa shape index (κ2) is 5.46. The Kier molecular flexibility index (Phi) is 3.52. The monoisotopic (exact) mass is 284 g/mol. The predicted molar refractivity (Wildman–Crippen MR) is 82.0 cm³/mol. The molecule has 0 fully saturated rings. The molecule has 20 heavy (non-hydrogen) atoms. The fourth-order valence-electron chi connectivity index (χ4n) is 2.34. The standard InChI is InChI=1S/C15H16N4S/c1-18-13(7-9-17-18)8-10-19-14(11-16-15(19)20)12-5-3-2-4-6-12/h2-7,9,11H,8,10H2,1H3,(H,16,20). The van der Waals surface area contributed by atoms with Crippen molar-refractivity contribution in [3.05, 3.63) is 59.3 Å². The van der Waals surface area contributed by atoms with Crippen molar-refractivity contribution in [2.45, 2.75) is 13.0 Å². The van der Waals surface area contributed by atoms with Crippen molar-refractivity contribution in [1.29, 1.82) is 0 Å². The zero-order chi connectivity index (χ0) is 13.9. The maximum atomic E-state index is 5.39. The highest BCUT2D eigenvalue weighted by molar-refractivity contribution is 7.71. The van der Waals surface area contributed by atoms with Gasteiger partial charge in [-0.3, -0.25) is 4.68 Å². The molecule has 0 atom stereocenters. The molecule has 0 bridgehead atoms. The van der Waals surface area contributed by atoms with Crippen LogP contribution < -0.4 is 0 Å². The van der Waals surface area contributed by atoms with E-state index in [2.05, 4.69) is 26.8 Å². The lowest BCUT2D eigenvalue weighted by Gasteiger charge is -2.08. The summed E-state index contributed by atoms with van der Waals surface area (Å²) < 4.78 is 4.79. The molecule has 5 heteroatoms. The number of nitrogens with zero attached hydrogens (tertiary/aromatic N) is 3. The lowest BCUT2D eigenvalue weighted by atomic mass is 10.1. The van der Waals surface area contributed by atoms with E-state index in [0.717, 1.165) is 23.4 Å². The first-order valence-corrected chi connectivity index (χ1v) is 6.97. The van der Waals surface area contributed by atoms with Crippen LogP contribution in [0.15, 0.2) is 48.8 Å². The Morgan fingerprint density at radius 3 is 2.70 bits per heavy atom. The number of aryl methyl sites for hydroxylation is 2. The van der Waals surface area contributed by atoms with E-state index in [-0.39, 0.29) is 0 Å². The second-order valence-corrected chi connectivity index (χ2v) is 5.08. The molecule has 0 aliphatic rings. The molecule has 0 amide bonds. The van der Waals surface area contributed by atoms with Gasteiger partial charge < -0.3 is 9.55 Å². The molecule has 0 saturated carbocycles. The predicted octanol–water partition coefficient (Wildman–Crippen LogP) is 3.19. The Morgan fingerprint density at radius 1 is 1.20 bits per heavy atom. The van der Waals surface area contributed by atoms with Gasteiger partial charge in [0.15, 0.2) is 4.77 Å². The number of hydrogen-bond acceptors (Lipinski definition) is 2. The minimum atomic E-state index is 0.756. The molecule has 2 aromatic heterocycles. The summed E-state index contributed by atoms with van der Waals surface area (Å²) in [6, 6.07) is 12.3. The van der Waals surface area contributed by atoms with Gasteiger partial charge in [-0.05, 0) is 23.8 Å². The van der Waals surface area contributed by atoms with Crippen LogP contribution in [-0.4, -0.2) is 19.3 Å². The van der Waals surface area contributed by atoms with Gasteiger partial charge in [0.05, 0.1) is 5.69 Å². The molecule has 0 unspecified atom stereocenters. The topological polar surface area (TPSA) is 38.5 Å². The van der Waals surface area contributed by atoms with Crippen LogP contribution in [-0.2, 0) is 20.0 Å². The minimum absolute atomic E-state index is 0.756. The largest absolute Gasteiger partial charge is 0.337 e. The highest BCUT2D eigenvalue weighted by Gasteiger charge is 2.07. The molecular formula is C15H16N4S. The summed E-state index contributed by atoms with van der Waals surface area (Å²) in [6.45, 7) is 0.839. The van der Waals surface area contributed by atoms with E-state index in [1.165, 1.54) is 11.3 Å². The van der Waals surface area contributed by atoms with Crippen molar-refractivity contribution in [1.82, 2.24) is 19.3 Å². The summed E-state index contributed by atoms with van der Waals surface area (Å²) in [7, 11) is 1.96. The molecule has 102 valence electrons. The molecule has 4 nitrogen and oxygen atoms in total. The Hall–Kier alpha value is -2.14. The number of aromatic nitrogens is 4. The Balaban J connectivity index is 1.89. The summed E-state index contributed by atoms with van der Waals surface area (Å²) >= 11 is 5.39. The quantitative estimate of drug-likeness (QED) is 0.747. The van der Waals surface area contributed by atoms with Crippen LogP contribution in [0.4, 0.5) is 0 Å². The average Bonchev–Trinajstić information content (AvgIpc) is 3.04. The molecule has 3 aromatic rings. The van der Waals surface area contributed by atoms with Gasteiger partial charge in [0, 0.05) is 38.1 Å². The van der Waals surface area contributed by atoms with E-state index in [1.807, 2.05) is 48.4 Å². The Bertz CT molecular complexity index is 752. The van der Waals surface area contributed by atoms with Gasteiger partial charge in [-0.2, -0.15) is 5.10 Å². The molecule has 1 aromatic carbocycles. The van der Waals surface area contributed by atoms with Gasteiger partial charge in [-0.15, -0.1) is 0 Å². The first kappa shape index (κ1) is 12.9. The molecule has 0 aliphatic heterocycles. The zero-order valence-electron chi connectivity index (χ0n) is 11.3. The molecule has 0 radical (unpaired) electrons. The van der Waals surface area contributed by atoms with Crippen LogP contribution in [0.1, 0.15) is 5.69 Å². The van der Waals surface area contributed by atoms with Gasteiger partial charge in [0.1, 0.15) is 0 Å². The Labute approximate surface area is 122 Å². The van der Waals surface area contributed by atoms with Crippen molar-refractivity contribution in [3.63, 3.8) is 0 Å². The third kappa shape index (κ3) is 2.44. The van der Waals surface area contributed by atoms with Gasteiger partial charge in [0.2, 0.25) is 0 Å². The number of benzene rings is 1. The first-order valence-electron chi connectivity index (χ1n) is 6.56. The van der Waals surface area contributed by atoms with E-state index in [0.29, 0.717) is 0 Å². The fraction of sp³-hybridized carbons (Fsp3) is 0.200. The first-order chi connectivity index (χ1) is 9.75. The molecule has 1 N–H and O–H groups in total. The van der Waals surface area contributed by atoms with Crippen LogP contribution in [0.2, 0.25) is 0 Å². The van der Waals surface area contributed by atoms with Crippen molar-refractivity contribution in [2.24, 2.45) is 7.05 Å². The number of nitrogens with one attached hydrogen (secondary N) is 1. The van der Waals surface area contributed by atoms with E-state index in [9.17, 15) is 0 Å². The van der Waals surface area contributed by atoms with Crippen LogP contribution in [0.5, 0.6) is 0 Å². The van der Waals surface area contributed by atoms with E-state index >= 15 is 0 Å². The smallest absolute Gasteiger partial charge is 0.177 e. The van der Waals surface area contributed by atoms with Crippen molar-refractivity contribution in [3.8, 4) is 11.3 Å². The van der Waals surface area contributed by atoms with Crippen molar-refractivity contribution < 1.29 is 0 Å². The lowest BCUT2D eigenvalue weighted by molar-refractivity contribution is 0.635. The summed E-state index contributed by atoms with van der Waals surface area (Å²) in [6.07, 6.45) is 4.70. The average molecular weight is 284 g/mol. The molecule has 0 spiro atoms. The number of imidazole rings is 1. The SMILES string of the molecule is Cn1nccc1CCn1c(-c2ccccc2)c[nH]c1=S. The van der Waals surface area contributed by atoms with Gasteiger partial charge >= 0.3 is 0 Å². The number of hydrogen-bond donors (Lipinski definition) is 1. The van der Waals surface area contributed by atoms with Crippen molar-refractivity contribution >= 4 is 12.2 Å². The minimum Gasteiger partial charge on any atom is -0.337 e. The molecule has 0 aliphatic carbocycles. The van der Waals surface area contributed by atoms with Gasteiger partial charge in [-0.25, -0.2) is 0 Å². The summed E-state index contributed by atoms with van der Waals surface area (Å²) in [5.41, 5.74) is 3.50. The van der Waals surface area contributed by atoms with E-state index in [4.69, 9.17) is 12.2 Å². The number of rotatable bonds is 4. The lowest BCUT2D eigenvalue weighted by Crippen LogP contribution is -2.06. The summed E-state index contributed by atoms with van der Waals surface area (Å²) in [4.78, 5) is 3.14. The van der Waals surface area contributed by atoms with Crippen molar-refractivity contribution in [2.75, 3.05) is 0 Å². The van der Waals surface area contributed by atoms with Gasteiger partial charge in [-0.1, -0.05) is 30.3 Å². The maximum Gasteiger partial charge on any atom is 0.177 e. The third-order valence-electron chi connectivity index (χ3n) is 3.45. The highest BCUT2D eigenvalue weighted by Crippen LogP contribution is 2.19. The number of aromatic amines is 1. The molecule has 2 heterocycles. The van der Waals surface area contributed by atoms with Crippen LogP contribution >= 0.6 is 12.2 Å². The van der Waals surface area contributed by atoms with Crippen LogP contribution in [0.3, 0.4) is 0 Å².